The molecule has 6 aromatic rings. The van der Waals surface area contributed by atoms with Gasteiger partial charge in [-0.2, -0.15) is 10.2 Å². The number of aromatic amines is 2. The number of carbonyl (C=O) groups excluding carboxylic acids is 2. The molecule has 6 aromatic heterocycles. The zero-order chi connectivity index (χ0) is 54.0. The van der Waals surface area contributed by atoms with Gasteiger partial charge in [-0.25, -0.2) is 29.9 Å². The third kappa shape index (κ3) is 14.5. The zero-order valence-electron chi connectivity index (χ0n) is 47.3. The number of ether oxygens (including phenoxy) is 2. The molecule has 440 valence electrons. The molecule has 0 atom stereocenters. The molecule has 6 N–H and O–H groups in total. The van der Waals surface area contributed by atoms with Gasteiger partial charge in [0.15, 0.2) is 11.6 Å². The number of halogens is 3. The van der Waals surface area contributed by atoms with E-state index in [1.54, 1.807) is 12.4 Å². The van der Waals surface area contributed by atoms with E-state index in [1.165, 1.54) is 99.7 Å². The molecule has 2 saturated heterocycles. The van der Waals surface area contributed by atoms with Crippen LogP contribution in [0.25, 0.3) is 22.8 Å². The Bertz CT molecular complexity index is 2850. The van der Waals surface area contributed by atoms with E-state index in [4.69, 9.17) is 30.9 Å². The van der Waals surface area contributed by atoms with Crippen molar-refractivity contribution in [2.75, 3.05) is 37.6 Å². The number of likely N-dealkylation sites (tertiary alicyclic amines) is 2. The minimum atomic E-state index is -0.284. The highest BCUT2D eigenvalue weighted by atomic mass is 35.5. The van der Waals surface area contributed by atoms with Gasteiger partial charge in [-0.05, 0) is 86.2 Å². The Kier molecular flexibility index (Phi) is 21.2. The van der Waals surface area contributed by atoms with Crippen molar-refractivity contribution in [1.29, 1.82) is 0 Å². The Balaban J connectivity index is 0.000000205. The summed E-state index contributed by atoms with van der Waals surface area (Å²) in [5, 5.41) is 20.6. The van der Waals surface area contributed by atoms with Gasteiger partial charge in [0.1, 0.15) is 32.8 Å². The predicted octanol–water partition coefficient (Wildman–Crippen LogP) is 11.0. The van der Waals surface area contributed by atoms with Crippen LogP contribution < -0.4 is 11.5 Å². The normalized spacial score (nSPS) is 19.6. The number of hydrogen-bond acceptors (Lipinski definition) is 18. The third-order valence-electron chi connectivity index (χ3n) is 17.3. The summed E-state index contributed by atoms with van der Waals surface area (Å²) >= 11 is 3.04. The molecule has 2 aliphatic heterocycles. The molecule has 0 radical (unpaired) electrons. The van der Waals surface area contributed by atoms with Gasteiger partial charge in [-0.3, -0.25) is 19.8 Å². The number of thiazole rings is 2. The highest BCUT2D eigenvalue weighted by Gasteiger charge is 2.40. The summed E-state index contributed by atoms with van der Waals surface area (Å²) < 4.78 is 12.5. The Hall–Kier alpha value is -4.51. The Morgan fingerprint density at radius 2 is 0.926 bits per heavy atom. The molecule has 18 nitrogen and oxygen atoms in total. The summed E-state index contributed by atoms with van der Waals surface area (Å²) in [6.45, 7) is 14.1. The molecule has 2 saturated carbocycles. The number of nitrogens with zero attached hydrogens (tertiary/aromatic N) is 10. The lowest BCUT2D eigenvalue weighted by atomic mass is 9.73. The standard InChI is InChI=1S/2C29H39N7O2S.3ClH/c2*1-29(2)14-18-15-31-28(30)33-25(18)27-24(29)26(34-35-27)22(37)13-23-32-19(17-39-23)16-38-21-9-11-36(12-10-21)20-7-5-3-4-6-8-20;;;/h2*15,17,20-21H,3-14,16H2,1-2H3,(H,34,35)(H2,30,31,33);3*1H. The fourth-order valence-corrected chi connectivity index (χ4v) is 14.9. The highest BCUT2D eigenvalue weighted by molar-refractivity contribution is 7.10. The summed E-state index contributed by atoms with van der Waals surface area (Å²) in [5.41, 5.74) is 20.6. The maximum absolute atomic E-state index is 13.4. The molecule has 0 amide bonds. The first-order valence-corrected chi connectivity index (χ1v) is 30.6. The lowest BCUT2D eigenvalue weighted by Gasteiger charge is -2.37. The van der Waals surface area contributed by atoms with Gasteiger partial charge in [0, 0.05) is 72.5 Å². The van der Waals surface area contributed by atoms with E-state index in [1.807, 2.05) is 10.8 Å². The van der Waals surface area contributed by atoms with Crippen LogP contribution in [0.3, 0.4) is 0 Å². The van der Waals surface area contributed by atoms with Crippen LogP contribution in [0.2, 0.25) is 0 Å². The number of H-pyrrole nitrogens is 2. The van der Waals surface area contributed by atoms with Crippen molar-refractivity contribution in [2.24, 2.45) is 0 Å². The molecule has 6 aliphatic rings. The van der Waals surface area contributed by atoms with Gasteiger partial charge in [-0.15, -0.1) is 59.9 Å². The number of nitrogen functional groups attached to an aromatic ring is 2. The Morgan fingerprint density at radius 3 is 1.30 bits per heavy atom. The number of carbonyl (C=O) groups is 2. The van der Waals surface area contributed by atoms with Crippen molar-refractivity contribution in [1.82, 2.24) is 60.1 Å². The molecule has 0 bridgehead atoms. The number of anilines is 2. The van der Waals surface area contributed by atoms with Gasteiger partial charge >= 0.3 is 0 Å². The summed E-state index contributed by atoms with van der Waals surface area (Å²) in [6, 6.07) is 1.55. The lowest BCUT2D eigenvalue weighted by Crippen LogP contribution is -2.43. The van der Waals surface area contributed by atoms with Gasteiger partial charge in [0.05, 0.1) is 61.0 Å². The van der Waals surface area contributed by atoms with Crippen LogP contribution in [-0.4, -0.2) is 122 Å². The van der Waals surface area contributed by atoms with Gasteiger partial charge in [-0.1, -0.05) is 79.1 Å². The van der Waals surface area contributed by atoms with E-state index in [9.17, 15) is 9.59 Å². The molecule has 0 aromatic carbocycles. The van der Waals surface area contributed by atoms with E-state index in [2.05, 4.69) is 77.8 Å². The summed E-state index contributed by atoms with van der Waals surface area (Å²) in [7, 11) is 0. The number of ketones is 2. The van der Waals surface area contributed by atoms with Crippen molar-refractivity contribution in [3.8, 4) is 22.8 Å². The van der Waals surface area contributed by atoms with Crippen LogP contribution in [0.4, 0.5) is 11.9 Å². The number of piperidine rings is 2. The van der Waals surface area contributed by atoms with Crippen molar-refractivity contribution in [3.05, 3.63) is 78.2 Å². The van der Waals surface area contributed by atoms with E-state index >= 15 is 0 Å². The van der Waals surface area contributed by atoms with Gasteiger partial charge in [0.25, 0.3) is 0 Å². The first-order valence-electron chi connectivity index (χ1n) is 28.8. The fraction of sp³-hybridized carbons (Fsp3) is 0.621. The maximum Gasteiger partial charge on any atom is 0.220 e. The first-order chi connectivity index (χ1) is 37.7. The molecule has 0 spiro atoms. The molecule has 12 rings (SSSR count). The van der Waals surface area contributed by atoms with Crippen molar-refractivity contribution < 1.29 is 19.1 Å². The van der Waals surface area contributed by atoms with Crippen LogP contribution in [-0.2, 0) is 59.2 Å². The molecular formula is C58H81Cl3N14O4S2. The van der Waals surface area contributed by atoms with Crippen LogP contribution >= 0.6 is 59.9 Å². The molecular weight excluding hydrogens is 1130 g/mol. The topological polar surface area (TPSA) is 246 Å². The second-order valence-corrected chi connectivity index (χ2v) is 25.9. The Morgan fingerprint density at radius 1 is 0.556 bits per heavy atom. The van der Waals surface area contributed by atoms with Crippen molar-refractivity contribution in [3.63, 3.8) is 0 Å². The minimum absolute atomic E-state index is 0. The first kappa shape index (κ1) is 62.5. The van der Waals surface area contributed by atoms with Gasteiger partial charge in [0.2, 0.25) is 11.9 Å². The summed E-state index contributed by atoms with van der Waals surface area (Å²) in [6.07, 6.45) is 26.9. The maximum atomic E-state index is 13.4. The number of aromatic nitrogens is 10. The van der Waals surface area contributed by atoms with E-state index < -0.39 is 0 Å². The van der Waals surface area contributed by atoms with E-state index in [0.29, 0.717) is 72.4 Å². The second kappa shape index (κ2) is 27.5. The number of rotatable bonds is 14. The molecule has 0 unspecified atom stereocenters. The average molecular weight is 1210 g/mol. The molecule has 8 heterocycles. The van der Waals surface area contributed by atoms with Crippen molar-refractivity contribution in [2.45, 2.75) is 204 Å². The van der Waals surface area contributed by atoms with Crippen LogP contribution in [0.5, 0.6) is 0 Å². The van der Waals surface area contributed by atoms with E-state index in [0.717, 1.165) is 108 Å². The second-order valence-electron chi connectivity index (χ2n) is 24.0. The fourth-order valence-electron chi connectivity index (χ4n) is 13.3. The van der Waals surface area contributed by atoms with Crippen LogP contribution in [0.1, 0.15) is 195 Å². The Labute approximate surface area is 502 Å². The molecule has 81 heavy (non-hydrogen) atoms. The summed E-state index contributed by atoms with van der Waals surface area (Å²) in [4.78, 5) is 58.8. The molecule has 4 aliphatic carbocycles. The number of hydrogen-bond donors (Lipinski definition) is 4. The number of fused-ring (bicyclic) bond motifs is 6. The SMILES string of the molecule is CC1(C)Cc2cnc(N)nc2-c2n[nH]c(C(=O)Cc3nc(COC4CCN(C5CCCCCC5)CC4)cs3)c21.CC1(C)Cc2cnc(N)nc2-c2n[nH]c(C(=O)Cc3nc(COC4CCN(C5CCCCCC5)CC4)cs3)c21.Cl.Cl.Cl. The molecule has 23 heteroatoms. The lowest BCUT2D eigenvalue weighted by molar-refractivity contribution is -0.0135. The zero-order valence-corrected chi connectivity index (χ0v) is 51.4. The number of Topliss-reactive ketones (excluding diaryl/α,β-unsaturated/α-hetero) is 2. The quantitative estimate of drug-likeness (QED) is 0.0585. The minimum Gasteiger partial charge on any atom is -0.372 e. The van der Waals surface area contributed by atoms with Crippen molar-refractivity contribution >= 4 is 83.4 Å². The van der Waals surface area contributed by atoms with Crippen LogP contribution in [0, 0.1) is 0 Å². The van der Waals surface area contributed by atoms with Gasteiger partial charge < -0.3 is 30.7 Å². The largest absolute Gasteiger partial charge is 0.372 e. The average Bonchev–Trinajstić information content (AvgIpc) is 4.42. The highest BCUT2D eigenvalue weighted by Crippen LogP contribution is 2.45. The smallest absolute Gasteiger partial charge is 0.220 e. The third-order valence-corrected chi connectivity index (χ3v) is 19.1. The van der Waals surface area contributed by atoms with E-state index in [-0.39, 0.29) is 84.4 Å². The van der Waals surface area contributed by atoms with Crippen LogP contribution in [0.15, 0.2) is 23.2 Å². The predicted molar refractivity (Wildman–Crippen MR) is 325 cm³/mol. The molecule has 4 fully saturated rings. The number of nitrogens with two attached hydrogens (primary N) is 2. The summed E-state index contributed by atoms with van der Waals surface area (Å²) in [5.74, 6) is 0.376. The monoisotopic (exact) mass is 1210 g/mol. The number of nitrogens with one attached hydrogen (secondary N) is 2.